The quantitative estimate of drug-likeness (QED) is 0.919. The molecule has 5 nitrogen and oxygen atoms in total. The highest BCUT2D eigenvalue weighted by Crippen LogP contribution is 2.37. The Morgan fingerprint density at radius 2 is 2.10 bits per heavy atom. The summed E-state index contributed by atoms with van der Waals surface area (Å²) in [6.07, 6.45) is 4.42. The van der Waals surface area contributed by atoms with Crippen molar-refractivity contribution in [2.75, 3.05) is 13.2 Å². The van der Waals surface area contributed by atoms with Crippen molar-refractivity contribution in [1.82, 2.24) is 15.5 Å². The van der Waals surface area contributed by atoms with E-state index >= 15 is 0 Å². The summed E-state index contributed by atoms with van der Waals surface area (Å²) in [6.45, 7) is 1.73. The first-order valence-corrected chi connectivity index (χ1v) is 7.70. The van der Waals surface area contributed by atoms with Crippen LogP contribution in [-0.4, -0.2) is 23.3 Å². The Morgan fingerprint density at radius 1 is 1.14 bits per heavy atom. The van der Waals surface area contributed by atoms with E-state index in [9.17, 15) is 0 Å². The van der Waals surface area contributed by atoms with Gasteiger partial charge in [-0.3, -0.25) is 0 Å². The molecule has 0 amide bonds. The third-order valence-corrected chi connectivity index (χ3v) is 4.34. The van der Waals surface area contributed by atoms with Gasteiger partial charge in [0, 0.05) is 5.56 Å². The molecule has 110 valence electrons. The third-order valence-electron chi connectivity index (χ3n) is 4.34. The molecule has 3 heterocycles. The summed E-state index contributed by atoms with van der Waals surface area (Å²) in [6, 6.07) is 8.34. The Balaban J connectivity index is 1.61. The molecule has 0 spiro atoms. The number of nitrogens with one attached hydrogen (secondary N) is 1. The van der Waals surface area contributed by atoms with Crippen LogP contribution in [0.3, 0.4) is 0 Å². The molecule has 5 heteroatoms. The standard InChI is InChI=1S/C16H19N3O2/c1-2-7-14-11(5-1)12(8-10-20-14)15-18-16(21-19-15)13-6-3-4-9-17-13/h1-2,5,7,12-13,17H,3-4,6,8-10H2. The van der Waals surface area contributed by atoms with E-state index in [-0.39, 0.29) is 12.0 Å². The molecule has 0 radical (unpaired) electrons. The van der Waals surface area contributed by atoms with Crippen LogP contribution in [0.5, 0.6) is 5.75 Å². The summed E-state index contributed by atoms with van der Waals surface area (Å²) in [5, 5.41) is 7.68. The first kappa shape index (κ1) is 12.8. The van der Waals surface area contributed by atoms with Gasteiger partial charge in [-0.1, -0.05) is 29.8 Å². The number of nitrogens with zero attached hydrogens (tertiary/aromatic N) is 2. The third kappa shape index (κ3) is 2.42. The van der Waals surface area contributed by atoms with Crippen molar-refractivity contribution in [2.45, 2.75) is 37.6 Å². The van der Waals surface area contributed by atoms with Crippen molar-refractivity contribution in [2.24, 2.45) is 0 Å². The van der Waals surface area contributed by atoms with Gasteiger partial charge < -0.3 is 14.6 Å². The normalized spacial score (nSPS) is 25.1. The zero-order valence-corrected chi connectivity index (χ0v) is 11.9. The van der Waals surface area contributed by atoms with Crippen LogP contribution in [0.4, 0.5) is 0 Å². The highest BCUT2D eigenvalue weighted by atomic mass is 16.5. The second kappa shape index (κ2) is 5.48. The molecule has 2 aliphatic heterocycles. The van der Waals surface area contributed by atoms with E-state index in [1.165, 1.54) is 12.8 Å². The van der Waals surface area contributed by atoms with Gasteiger partial charge in [0.2, 0.25) is 5.89 Å². The number of rotatable bonds is 2. The van der Waals surface area contributed by atoms with Crippen molar-refractivity contribution in [3.63, 3.8) is 0 Å². The fourth-order valence-corrected chi connectivity index (χ4v) is 3.20. The van der Waals surface area contributed by atoms with E-state index < -0.39 is 0 Å². The first-order valence-electron chi connectivity index (χ1n) is 7.70. The zero-order chi connectivity index (χ0) is 14.1. The molecule has 0 aliphatic carbocycles. The first-order chi connectivity index (χ1) is 10.4. The summed E-state index contributed by atoms with van der Waals surface area (Å²) in [4.78, 5) is 4.66. The Bertz CT molecular complexity index is 619. The maximum Gasteiger partial charge on any atom is 0.243 e. The van der Waals surface area contributed by atoms with Gasteiger partial charge in [0.1, 0.15) is 5.75 Å². The van der Waals surface area contributed by atoms with Crippen LogP contribution in [0.25, 0.3) is 0 Å². The van der Waals surface area contributed by atoms with Gasteiger partial charge in [-0.05, 0) is 31.9 Å². The summed E-state index contributed by atoms with van der Waals surface area (Å²) in [7, 11) is 0. The van der Waals surface area contributed by atoms with Gasteiger partial charge in [-0.25, -0.2) is 0 Å². The Labute approximate surface area is 123 Å². The molecule has 2 aromatic rings. The van der Waals surface area contributed by atoms with E-state index in [1.54, 1.807) is 0 Å². The van der Waals surface area contributed by atoms with Gasteiger partial charge in [-0.2, -0.15) is 4.98 Å². The minimum Gasteiger partial charge on any atom is -0.493 e. The van der Waals surface area contributed by atoms with Crippen molar-refractivity contribution in [3.8, 4) is 5.75 Å². The molecule has 0 bridgehead atoms. The number of ether oxygens (including phenoxy) is 1. The molecule has 2 atom stereocenters. The molecule has 1 saturated heterocycles. The van der Waals surface area contributed by atoms with Crippen molar-refractivity contribution in [1.29, 1.82) is 0 Å². The van der Waals surface area contributed by atoms with Gasteiger partial charge >= 0.3 is 0 Å². The highest BCUT2D eigenvalue weighted by molar-refractivity contribution is 5.40. The lowest BCUT2D eigenvalue weighted by molar-refractivity contribution is 0.270. The van der Waals surface area contributed by atoms with Gasteiger partial charge in [0.05, 0.1) is 18.6 Å². The summed E-state index contributed by atoms with van der Waals surface area (Å²) >= 11 is 0. The molecule has 1 aromatic carbocycles. The molecule has 2 unspecified atom stereocenters. The van der Waals surface area contributed by atoms with Crippen LogP contribution < -0.4 is 10.1 Å². The Morgan fingerprint density at radius 3 is 3.00 bits per heavy atom. The topological polar surface area (TPSA) is 60.2 Å². The number of piperidine rings is 1. The number of benzene rings is 1. The predicted octanol–water partition coefficient (Wildman–Crippen LogP) is 2.80. The smallest absolute Gasteiger partial charge is 0.243 e. The second-order valence-electron chi connectivity index (χ2n) is 5.72. The minimum atomic E-state index is 0.177. The van der Waals surface area contributed by atoms with Crippen molar-refractivity contribution in [3.05, 3.63) is 41.5 Å². The molecule has 1 aromatic heterocycles. The highest BCUT2D eigenvalue weighted by Gasteiger charge is 2.28. The van der Waals surface area contributed by atoms with Crippen LogP contribution in [0.15, 0.2) is 28.8 Å². The Kier molecular flexibility index (Phi) is 3.35. The van der Waals surface area contributed by atoms with Crippen LogP contribution in [0.2, 0.25) is 0 Å². The summed E-state index contributed by atoms with van der Waals surface area (Å²) in [5.41, 5.74) is 1.16. The molecule has 2 aliphatic rings. The fourth-order valence-electron chi connectivity index (χ4n) is 3.20. The number of fused-ring (bicyclic) bond motifs is 1. The summed E-state index contributed by atoms with van der Waals surface area (Å²) in [5.74, 6) is 2.63. The molecular weight excluding hydrogens is 266 g/mol. The molecule has 0 saturated carbocycles. The lowest BCUT2D eigenvalue weighted by Crippen LogP contribution is -2.27. The van der Waals surface area contributed by atoms with E-state index in [0.29, 0.717) is 6.61 Å². The molecule has 1 fully saturated rings. The monoisotopic (exact) mass is 285 g/mol. The van der Waals surface area contributed by atoms with E-state index in [4.69, 9.17) is 9.26 Å². The minimum absolute atomic E-state index is 0.177. The van der Waals surface area contributed by atoms with E-state index in [1.807, 2.05) is 18.2 Å². The average molecular weight is 285 g/mol. The SMILES string of the molecule is c1ccc2c(c1)OCCC2c1noc(C2CCCCN2)n1. The molecular formula is C16H19N3O2. The van der Waals surface area contributed by atoms with Gasteiger partial charge in [0.25, 0.3) is 0 Å². The number of para-hydroxylation sites is 1. The van der Waals surface area contributed by atoms with E-state index in [2.05, 4.69) is 21.5 Å². The van der Waals surface area contributed by atoms with E-state index in [0.717, 1.165) is 42.4 Å². The molecule has 1 N–H and O–H groups in total. The van der Waals surface area contributed by atoms with Crippen LogP contribution in [0.1, 0.15) is 54.9 Å². The summed E-state index contributed by atoms with van der Waals surface area (Å²) < 4.78 is 11.2. The van der Waals surface area contributed by atoms with Gasteiger partial charge in [-0.15, -0.1) is 0 Å². The number of hydrogen-bond acceptors (Lipinski definition) is 5. The zero-order valence-electron chi connectivity index (χ0n) is 11.9. The average Bonchev–Trinajstić information content (AvgIpc) is 3.05. The maximum absolute atomic E-state index is 5.70. The molecule has 21 heavy (non-hydrogen) atoms. The van der Waals surface area contributed by atoms with Crippen LogP contribution in [0, 0.1) is 0 Å². The van der Waals surface area contributed by atoms with Crippen LogP contribution in [-0.2, 0) is 0 Å². The van der Waals surface area contributed by atoms with Gasteiger partial charge in [0.15, 0.2) is 5.82 Å². The lowest BCUT2D eigenvalue weighted by atomic mass is 9.92. The van der Waals surface area contributed by atoms with Crippen molar-refractivity contribution < 1.29 is 9.26 Å². The Hall–Kier alpha value is -1.88. The molecule has 4 rings (SSSR count). The number of aromatic nitrogens is 2. The largest absolute Gasteiger partial charge is 0.493 e. The van der Waals surface area contributed by atoms with Crippen molar-refractivity contribution >= 4 is 0 Å². The fraction of sp³-hybridized carbons (Fsp3) is 0.500. The number of hydrogen-bond donors (Lipinski definition) is 1. The predicted molar refractivity (Wildman–Crippen MR) is 77.3 cm³/mol. The maximum atomic E-state index is 5.70. The van der Waals surface area contributed by atoms with Crippen LogP contribution >= 0.6 is 0 Å². The lowest BCUT2D eigenvalue weighted by Gasteiger charge is -2.23. The second-order valence-corrected chi connectivity index (χ2v) is 5.72.